The minimum atomic E-state index is 0.131. The Kier molecular flexibility index (Phi) is 7.13. The Hall–Kier alpha value is -0.450. The summed E-state index contributed by atoms with van der Waals surface area (Å²) in [4.78, 5) is 4.80. The van der Waals surface area contributed by atoms with Gasteiger partial charge in [-0.2, -0.15) is 0 Å². The first-order valence-electron chi connectivity index (χ1n) is 7.63. The molecular weight excluding hydrogens is 268 g/mol. The number of aromatic nitrogens is 1. The first kappa shape index (κ1) is 17.6. The van der Waals surface area contributed by atoms with Gasteiger partial charge in [0, 0.05) is 30.4 Å². The standard InChI is InChI=1S/C16H30N2OS/c1-7-9-13(19-6)12(17-8-2)10-15-18-14(11-20-15)16(3,4)5/h11-13,17H,7-10H2,1-6H3. The highest BCUT2D eigenvalue weighted by atomic mass is 32.1. The van der Waals surface area contributed by atoms with Gasteiger partial charge in [0.25, 0.3) is 0 Å². The van der Waals surface area contributed by atoms with Crippen LogP contribution in [-0.4, -0.2) is 30.8 Å². The molecule has 1 aromatic heterocycles. The average molecular weight is 298 g/mol. The summed E-state index contributed by atoms with van der Waals surface area (Å²) in [5, 5.41) is 6.96. The smallest absolute Gasteiger partial charge is 0.0945 e. The Morgan fingerprint density at radius 2 is 2.05 bits per heavy atom. The predicted octanol–water partition coefficient (Wildman–Crippen LogP) is 3.78. The SMILES string of the molecule is CCCC(OC)C(Cc1nc(C(C)(C)C)cs1)NCC. The fourth-order valence-electron chi connectivity index (χ4n) is 2.30. The van der Waals surface area contributed by atoms with Crippen molar-refractivity contribution in [2.75, 3.05) is 13.7 Å². The van der Waals surface area contributed by atoms with Crippen molar-refractivity contribution in [3.8, 4) is 0 Å². The molecule has 0 saturated carbocycles. The molecular formula is C16H30N2OS. The van der Waals surface area contributed by atoms with Gasteiger partial charge in [-0.25, -0.2) is 4.98 Å². The summed E-state index contributed by atoms with van der Waals surface area (Å²) in [5.74, 6) is 0. The molecule has 3 nitrogen and oxygen atoms in total. The maximum absolute atomic E-state index is 5.67. The van der Waals surface area contributed by atoms with E-state index in [1.165, 1.54) is 10.7 Å². The largest absolute Gasteiger partial charge is 0.380 e. The lowest BCUT2D eigenvalue weighted by Crippen LogP contribution is -2.42. The minimum absolute atomic E-state index is 0.131. The van der Waals surface area contributed by atoms with Crippen LogP contribution >= 0.6 is 11.3 Å². The molecule has 0 radical (unpaired) electrons. The summed E-state index contributed by atoms with van der Waals surface area (Å²) in [5.41, 5.74) is 1.32. The molecule has 2 atom stereocenters. The quantitative estimate of drug-likeness (QED) is 0.793. The molecule has 0 aromatic carbocycles. The normalized spacial score (nSPS) is 15.3. The molecule has 0 aliphatic heterocycles. The van der Waals surface area contributed by atoms with Gasteiger partial charge in [0.05, 0.1) is 16.8 Å². The van der Waals surface area contributed by atoms with Crippen LogP contribution in [0.3, 0.4) is 0 Å². The molecule has 0 spiro atoms. The van der Waals surface area contributed by atoms with Gasteiger partial charge in [0.1, 0.15) is 0 Å². The van der Waals surface area contributed by atoms with E-state index in [-0.39, 0.29) is 11.5 Å². The molecule has 1 aromatic rings. The third-order valence-electron chi connectivity index (χ3n) is 3.51. The highest BCUT2D eigenvalue weighted by molar-refractivity contribution is 7.09. The van der Waals surface area contributed by atoms with Crippen molar-refractivity contribution in [2.45, 2.75) is 71.4 Å². The number of likely N-dealkylation sites (N-methyl/N-ethyl adjacent to an activating group) is 1. The molecule has 1 N–H and O–H groups in total. The highest BCUT2D eigenvalue weighted by Crippen LogP contribution is 2.25. The number of methoxy groups -OCH3 is 1. The molecule has 0 bridgehead atoms. The van der Waals surface area contributed by atoms with E-state index in [9.17, 15) is 0 Å². The molecule has 4 heteroatoms. The van der Waals surface area contributed by atoms with Crippen LogP contribution in [0.15, 0.2) is 5.38 Å². The molecule has 0 aliphatic carbocycles. The second kappa shape index (κ2) is 8.11. The van der Waals surface area contributed by atoms with E-state index in [1.54, 1.807) is 11.3 Å². The third kappa shape index (κ3) is 5.15. The van der Waals surface area contributed by atoms with Gasteiger partial charge in [0.15, 0.2) is 0 Å². The lowest BCUT2D eigenvalue weighted by Gasteiger charge is -2.26. The molecule has 1 rings (SSSR count). The van der Waals surface area contributed by atoms with Crippen LogP contribution < -0.4 is 5.32 Å². The van der Waals surface area contributed by atoms with E-state index in [1.807, 2.05) is 7.11 Å². The first-order chi connectivity index (χ1) is 9.42. The Labute approximate surface area is 128 Å². The number of rotatable bonds is 8. The van der Waals surface area contributed by atoms with E-state index >= 15 is 0 Å². The van der Waals surface area contributed by atoms with E-state index in [0.29, 0.717) is 6.04 Å². The molecule has 2 unspecified atom stereocenters. The van der Waals surface area contributed by atoms with Crippen LogP contribution in [0, 0.1) is 0 Å². The van der Waals surface area contributed by atoms with Crippen molar-refractivity contribution < 1.29 is 4.74 Å². The van der Waals surface area contributed by atoms with Crippen LogP contribution in [0.25, 0.3) is 0 Å². The van der Waals surface area contributed by atoms with Crippen molar-refractivity contribution >= 4 is 11.3 Å². The van der Waals surface area contributed by atoms with Gasteiger partial charge >= 0.3 is 0 Å². The summed E-state index contributed by atoms with van der Waals surface area (Å²) < 4.78 is 5.67. The molecule has 20 heavy (non-hydrogen) atoms. The van der Waals surface area contributed by atoms with E-state index in [0.717, 1.165) is 25.8 Å². The monoisotopic (exact) mass is 298 g/mol. The predicted molar refractivity (Wildman–Crippen MR) is 87.7 cm³/mol. The van der Waals surface area contributed by atoms with Crippen LogP contribution in [0.5, 0.6) is 0 Å². The molecule has 116 valence electrons. The van der Waals surface area contributed by atoms with E-state index in [2.05, 4.69) is 45.3 Å². The number of thiazole rings is 1. The lowest BCUT2D eigenvalue weighted by atomic mass is 9.93. The number of nitrogens with zero attached hydrogens (tertiary/aromatic N) is 1. The second-order valence-corrected chi connectivity index (χ2v) is 7.25. The van der Waals surface area contributed by atoms with Gasteiger partial charge in [-0.05, 0) is 13.0 Å². The Morgan fingerprint density at radius 1 is 1.35 bits per heavy atom. The zero-order valence-corrected chi connectivity index (χ0v) is 14.6. The molecule has 0 amide bonds. The topological polar surface area (TPSA) is 34.1 Å². The Morgan fingerprint density at radius 3 is 2.50 bits per heavy atom. The second-order valence-electron chi connectivity index (χ2n) is 6.31. The van der Waals surface area contributed by atoms with Crippen LogP contribution in [0.1, 0.15) is 58.2 Å². The molecule has 0 aliphatic rings. The highest BCUT2D eigenvalue weighted by Gasteiger charge is 2.23. The van der Waals surface area contributed by atoms with Crippen molar-refractivity contribution in [2.24, 2.45) is 0 Å². The molecule has 0 saturated heterocycles. The summed E-state index contributed by atoms with van der Waals surface area (Å²) in [7, 11) is 1.81. The molecule has 1 heterocycles. The minimum Gasteiger partial charge on any atom is -0.380 e. The Balaban J connectivity index is 2.76. The summed E-state index contributed by atoms with van der Waals surface area (Å²) in [6.45, 7) is 11.9. The molecule has 0 fully saturated rings. The third-order valence-corrected chi connectivity index (χ3v) is 4.38. The maximum Gasteiger partial charge on any atom is 0.0945 e. The van der Waals surface area contributed by atoms with Gasteiger partial charge in [-0.3, -0.25) is 0 Å². The van der Waals surface area contributed by atoms with Crippen LogP contribution in [-0.2, 0) is 16.6 Å². The fourth-order valence-corrected chi connectivity index (χ4v) is 3.38. The number of hydrogen-bond acceptors (Lipinski definition) is 4. The average Bonchev–Trinajstić information content (AvgIpc) is 2.84. The van der Waals surface area contributed by atoms with Crippen molar-refractivity contribution in [1.29, 1.82) is 0 Å². The van der Waals surface area contributed by atoms with Crippen molar-refractivity contribution in [1.82, 2.24) is 10.3 Å². The summed E-state index contributed by atoms with van der Waals surface area (Å²) in [6, 6.07) is 0.351. The zero-order valence-electron chi connectivity index (χ0n) is 13.8. The number of nitrogens with one attached hydrogen (secondary N) is 1. The first-order valence-corrected chi connectivity index (χ1v) is 8.51. The van der Waals surface area contributed by atoms with Crippen molar-refractivity contribution in [3.63, 3.8) is 0 Å². The summed E-state index contributed by atoms with van der Waals surface area (Å²) in [6.07, 6.45) is 3.45. The van der Waals surface area contributed by atoms with Gasteiger partial charge < -0.3 is 10.1 Å². The van der Waals surface area contributed by atoms with E-state index in [4.69, 9.17) is 9.72 Å². The summed E-state index contributed by atoms with van der Waals surface area (Å²) >= 11 is 1.77. The van der Waals surface area contributed by atoms with Crippen molar-refractivity contribution in [3.05, 3.63) is 16.1 Å². The Bertz CT molecular complexity index is 384. The van der Waals surface area contributed by atoms with E-state index < -0.39 is 0 Å². The number of hydrogen-bond donors (Lipinski definition) is 1. The number of ether oxygens (including phenoxy) is 1. The maximum atomic E-state index is 5.67. The van der Waals surface area contributed by atoms with Gasteiger partial charge in [-0.1, -0.05) is 41.0 Å². The fraction of sp³-hybridized carbons (Fsp3) is 0.812. The van der Waals surface area contributed by atoms with Gasteiger partial charge in [-0.15, -0.1) is 11.3 Å². The van der Waals surface area contributed by atoms with Crippen LogP contribution in [0.4, 0.5) is 0 Å². The lowest BCUT2D eigenvalue weighted by molar-refractivity contribution is 0.0613. The van der Waals surface area contributed by atoms with Gasteiger partial charge in [0.2, 0.25) is 0 Å². The van der Waals surface area contributed by atoms with Crippen LogP contribution in [0.2, 0.25) is 0 Å². The zero-order chi connectivity index (χ0) is 15.2.